The Kier molecular flexibility index (Phi) is 5.39. The summed E-state index contributed by atoms with van der Waals surface area (Å²) in [6, 6.07) is 14.7. The lowest BCUT2D eigenvalue weighted by atomic mass is 10.1. The van der Waals surface area contributed by atoms with Crippen molar-refractivity contribution in [1.82, 2.24) is 9.78 Å². The third kappa shape index (κ3) is 5.12. The number of anilines is 1. The molecule has 0 aliphatic rings. The van der Waals surface area contributed by atoms with Crippen molar-refractivity contribution < 1.29 is 22.7 Å². The Bertz CT molecular complexity index is 979. The summed E-state index contributed by atoms with van der Waals surface area (Å²) in [6.45, 7) is 4.34. The first-order valence-corrected chi connectivity index (χ1v) is 8.47. The van der Waals surface area contributed by atoms with Gasteiger partial charge in [-0.2, -0.15) is 5.10 Å². The topological polar surface area (TPSA) is 56.2 Å². The Labute approximate surface area is 159 Å². The number of nitrogens with one attached hydrogen (secondary N) is 1. The van der Waals surface area contributed by atoms with Crippen molar-refractivity contribution in [3.63, 3.8) is 0 Å². The van der Waals surface area contributed by atoms with E-state index >= 15 is 0 Å². The van der Waals surface area contributed by atoms with Crippen LogP contribution in [0.2, 0.25) is 0 Å². The lowest BCUT2D eigenvalue weighted by Crippen LogP contribution is -2.17. The summed E-state index contributed by atoms with van der Waals surface area (Å²) in [6.07, 6.45) is -4.80. The molecule has 0 bridgehead atoms. The maximum Gasteiger partial charge on any atom is 0.573 e. The fraction of sp³-hybridized carbons (Fsp3) is 0.200. The number of aryl methyl sites for hydroxylation is 2. The van der Waals surface area contributed by atoms with Crippen LogP contribution in [0.4, 0.5) is 18.9 Å². The Morgan fingerprint density at radius 2 is 1.82 bits per heavy atom. The molecule has 0 unspecified atom stereocenters. The molecule has 0 spiro atoms. The van der Waals surface area contributed by atoms with E-state index in [2.05, 4.69) is 15.2 Å². The standard InChI is InChI=1S/C20H18F3N3O2/c1-13-6-8-15(9-7-13)12-26-14(2)10-18(25-26)19(27)24-16-4-3-5-17(11-16)28-20(21,22)23/h3-11H,12H2,1-2H3,(H,24,27). The maximum absolute atomic E-state index is 12.4. The van der Waals surface area contributed by atoms with Crippen LogP contribution in [0.25, 0.3) is 0 Å². The highest BCUT2D eigenvalue weighted by Crippen LogP contribution is 2.25. The van der Waals surface area contributed by atoms with Crippen LogP contribution in [0, 0.1) is 13.8 Å². The quantitative estimate of drug-likeness (QED) is 0.688. The van der Waals surface area contributed by atoms with Crippen LogP contribution in [-0.2, 0) is 6.54 Å². The average molecular weight is 389 g/mol. The molecule has 8 heteroatoms. The molecule has 0 aliphatic carbocycles. The van der Waals surface area contributed by atoms with Gasteiger partial charge in [0.25, 0.3) is 5.91 Å². The molecule has 5 nitrogen and oxygen atoms in total. The van der Waals surface area contributed by atoms with Gasteiger partial charge in [-0.3, -0.25) is 9.48 Å². The van der Waals surface area contributed by atoms with Crippen LogP contribution in [0.15, 0.2) is 54.6 Å². The van der Waals surface area contributed by atoms with Crippen LogP contribution >= 0.6 is 0 Å². The number of amides is 1. The van der Waals surface area contributed by atoms with Gasteiger partial charge in [0, 0.05) is 17.4 Å². The Morgan fingerprint density at radius 1 is 1.11 bits per heavy atom. The molecule has 0 atom stereocenters. The minimum atomic E-state index is -4.80. The van der Waals surface area contributed by atoms with Crippen LogP contribution in [0.1, 0.15) is 27.3 Å². The SMILES string of the molecule is Cc1ccc(Cn2nc(C(=O)Nc3cccc(OC(F)(F)F)c3)cc2C)cc1. The summed E-state index contributed by atoms with van der Waals surface area (Å²) in [5, 5.41) is 6.83. The van der Waals surface area contributed by atoms with Gasteiger partial charge in [0.2, 0.25) is 0 Å². The summed E-state index contributed by atoms with van der Waals surface area (Å²) in [5.41, 5.74) is 3.34. The number of alkyl halides is 3. The zero-order valence-electron chi connectivity index (χ0n) is 15.2. The Hall–Kier alpha value is -3.29. The zero-order valence-corrected chi connectivity index (χ0v) is 15.2. The summed E-state index contributed by atoms with van der Waals surface area (Å²) >= 11 is 0. The van der Waals surface area contributed by atoms with Gasteiger partial charge in [-0.05, 0) is 37.6 Å². The van der Waals surface area contributed by atoms with Crippen LogP contribution < -0.4 is 10.1 Å². The molecule has 146 valence electrons. The third-order valence-corrected chi connectivity index (χ3v) is 3.99. The van der Waals surface area contributed by atoms with E-state index in [1.807, 2.05) is 38.1 Å². The normalized spacial score (nSPS) is 11.3. The van der Waals surface area contributed by atoms with E-state index in [-0.39, 0.29) is 11.4 Å². The highest BCUT2D eigenvalue weighted by molar-refractivity contribution is 6.03. The first kappa shape index (κ1) is 19.5. The molecule has 0 saturated carbocycles. The Balaban J connectivity index is 1.71. The number of aromatic nitrogens is 2. The number of ether oxygens (including phenoxy) is 1. The Morgan fingerprint density at radius 3 is 2.50 bits per heavy atom. The molecule has 0 fully saturated rings. The van der Waals surface area contributed by atoms with E-state index in [0.717, 1.165) is 29.0 Å². The van der Waals surface area contributed by atoms with Gasteiger partial charge >= 0.3 is 6.36 Å². The fourth-order valence-electron chi connectivity index (χ4n) is 2.61. The van der Waals surface area contributed by atoms with Crippen LogP contribution in [0.3, 0.4) is 0 Å². The second-order valence-electron chi connectivity index (χ2n) is 6.34. The molecule has 0 aliphatic heterocycles. The molecule has 1 aromatic heterocycles. The predicted octanol–water partition coefficient (Wildman–Crippen LogP) is 4.70. The van der Waals surface area contributed by atoms with Gasteiger partial charge in [-0.1, -0.05) is 35.9 Å². The summed E-state index contributed by atoms with van der Waals surface area (Å²) in [4.78, 5) is 12.4. The van der Waals surface area contributed by atoms with Gasteiger partial charge in [0.1, 0.15) is 5.75 Å². The molecule has 0 saturated heterocycles. The highest BCUT2D eigenvalue weighted by Gasteiger charge is 2.31. The van der Waals surface area contributed by atoms with Crippen molar-refractivity contribution in [1.29, 1.82) is 0 Å². The van der Waals surface area contributed by atoms with Crippen molar-refractivity contribution in [3.8, 4) is 5.75 Å². The van der Waals surface area contributed by atoms with Crippen molar-refractivity contribution in [2.75, 3.05) is 5.32 Å². The second-order valence-corrected chi connectivity index (χ2v) is 6.34. The average Bonchev–Trinajstić information content (AvgIpc) is 2.97. The van der Waals surface area contributed by atoms with Gasteiger partial charge in [-0.15, -0.1) is 13.2 Å². The maximum atomic E-state index is 12.4. The van der Waals surface area contributed by atoms with E-state index in [4.69, 9.17) is 0 Å². The number of hydrogen-bond donors (Lipinski definition) is 1. The first-order valence-electron chi connectivity index (χ1n) is 8.47. The molecular weight excluding hydrogens is 371 g/mol. The van der Waals surface area contributed by atoms with Gasteiger partial charge in [0.15, 0.2) is 5.69 Å². The van der Waals surface area contributed by atoms with Crippen molar-refractivity contribution in [2.45, 2.75) is 26.8 Å². The molecule has 1 heterocycles. The van der Waals surface area contributed by atoms with E-state index in [1.54, 1.807) is 10.7 Å². The monoisotopic (exact) mass is 389 g/mol. The number of carbonyl (C=O) groups is 1. The molecule has 1 amide bonds. The van der Waals surface area contributed by atoms with Crippen LogP contribution in [-0.4, -0.2) is 22.1 Å². The van der Waals surface area contributed by atoms with E-state index in [0.29, 0.717) is 6.54 Å². The highest BCUT2D eigenvalue weighted by atomic mass is 19.4. The van der Waals surface area contributed by atoms with E-state index in [1.165, 1.54) is 12.1 Å². The van der Waals surface area contributed by atoms with Gasteiger partial charge in [0.05, 0.1) is 6.54 Å². The summed E-state index contributed by atoms with van der Waals surface area (Å²) in [5.74, 6) is -0.929. The minimum Gasteiger partial charge on any atom is -0.406 e. The van der Waals surface area contributed by atoms with Crippen molar-refractivity contribution in [2.24, 2.45) is 0 Å². The smallest absolute Gasteiger partial charge is 0.406 e. The van der Waals surface area contributed by atoms with Crippen molar-refractivity contribution in [3.05, 3.63) is 77.1 Å². The molecule has 3 rings (SSSR count). The number of benzene rings is 2. The van der Waals surface area contributed by atoms with Gasteiger partial charge in [-0.25, -0.2) is 0 Å². The molecular formula is C20H18F3N3O2. The van der Waals surface area contributed by atoms with E-state index in [9.17, 15) is 18.0 Å². The van der Waals surface area contributed by atoms with E-state index < -0.39 is 18.0 Å². The largest absolute Gasteiger partial charge is 0.573 e. The lowest BCUT2D eigenvalue weighted by molar-refractivity contribution is -0.274. The lowest BCUT2D eigenvalue weighted by Gasteiger charge is -2.10. The molecule has 3 aromatic rings. The summed E-state index contributed by atoms with van der Waals surface area (Å²) < 4.78 is 42.5. The summed E-state index contributed by atoms with van der Waals surface area (Å²) in [7, 11) is 0. The third-order valence-electron chi connectivity index (χ3n) is 3.99. The second kappa shape index (κ2) is 7.75. The fourth-order valence-corrected chi connectivity index (χ4v) is 2.61. The number of hydrogen-bond acceptors (Lipinski definition) is 3. The zero-order chi connectivity index (χ0) is 20.3. The number of rotatable bonds is 5. The number of nitrogens with zero attached hydrogens (tertiary/aromatic N) is 2. The number of carbonyl (C=O) groups excluding carboxylic acids is 1. The molecule has 0 radical (unpaired) electrons. The predicted molar refractivity (Wildman–Crippen MR) is 98.3 cm³/mol. The first-order chi connectivity index (χ1) is 13.2. The molecule has 28 heavy (non-hydrogen) atoms. The van der Waals surface area contributed by atoms with Crippen LogP contribution in [0.5, 0.6) is 5.75 Å². The molecule has 1 N–H and O–H groups in total. The minimum absolute atomic E-state index is 0.173. The molecule has 2 aromatic carbocycles. The van der Waals surface area contributed by atoms with Gasteiger partial charge < -0.3 is 10.1 Å². The van der Waals surface area contributed by atoms with Crippen molar-refractivity contribution >= 4 is 11.6 Å². The number of halogens is 3.